The van der Waals surface area contributed by atoms with Crippen molar-refractivity contribution in [1.29, 1.82) is 0 Å². The van der Waals surface area contributed by atoms with Crippen molar-refractivity contribution in [3.8, 4) is 11.5 Å². The Labute approximate surface area is 132 Å². The van der Waals surface area contributed by atoms with Gasteiger partial charge in [-0.15, -0.1) is 0 Å². The lowest BCUT2D eigenvalue weighted by molar-refractivity contribution is 0.1000. The van der Waals surface area contributed by atoms with Crippen LogP contribution in [-0.2, 0) is 0 Å². The van der Waals surface area contributed by atoms with Crippen LogP contribution in [0.1, 0.15) is 35.3 Å². The normalized spacial score (nSPS) is 12.0. The Morgan fingerprint density at radius 2 is 2.09 bits per heavy atom. The van der Waals surface area contributed by atoms with Crippen LogP contribution < -0.4 is 16.2 Å². The van der Waals surface area contributed by atoms with E-state index in [-0.39, 0.29) is 22.1 Å². The topological polar surface area (TPSA) is 78.3 Å². The number of nitrogens with two attached hydrogens (primary N) is 2. The van der Waals surface area contributed by atoms with Crippen molar-refractivity contribution in [2.24, 2.45) is 11.5 Å². The van der Waals surface area contributed by atoms with Crippen molar-refractivity contribution in [1.82, 2.24) is 0 Å². The number of halogens is 2. The van der Waals surface area contributed by atoms with Gasteiger partial charge in [-0.25, -0.2) is 4.39 Å². The van der Waals surface area contributed by atoms with Gasteiger partial charge in [-0.2, -0.15) is 0 Å². The molecule has 0 saturated heterocycles. The van der Waals surface area contributed by atoms with Gasteiger partial charge >= 0.3 is 0 Å². The van der Waals surface area contributed by atoms with Gasteiger partial charge in [-0.05, 0) is 30.7 Å². The molecule has 0 bridgehead atoms. The number of hydrogen-bond acceptors (Lipinski definition) is 3. The number of ether oxygens (including phenoxy) is 1. The van der Waals surface area contributed by atoms with Crippen LogP contribution in [0.2, 0.25) is 5.02 Å². The van der Waals surface area contributed by atoms with Crippen LogP contribution in [0.3, 0.4) is 0 Å². The standard InChI is InChI=1S/C16H16ClFN2O2/c1-2-13(19)11-6-7-12(17)15(14(11)18)22-10-5-3-4-9(8-10)16(20)21/h3-8,13H,2,19H2,1H3,(H2,20,21)/t13-/m1/s1. The summed E-state index contributed by atoms with van der Waals surface area (Å²) in [4.78, 5) is 11.2. The number of primary amides is 1. The van der Waals surface area contributed by atoms with Gasteiger partial charge in [0.2, 0.25) is 5.91 Å². The fraction of sp³-hybridized carbons (Fsp3) is 0.188. The molecule has 116 valence electrons. The number of carbonyl (C=O) groups excluding carboxylic acids is 1. The highest BCUT2D eigenvalue weighted by Crippen LogP contribution is 2.36. The zero-order valence-corrected chi connectivity index (χ0v) is 12.7. The molecule has 4 N–H and O–H groups in total. The Kier molecular flexibility index (Phi) is 5.00. The summed E-state index contributed by atoms with van der Waals surface area (Å²) < 4.78 is 20.0. The van der Waals surface area contributed by atoms with E-state index in [0.29, 0.717) is 12.0 Å². The lowest BCUT2D eigenvalue weighted by Gasteiger charge is -2.15. The van der Waals surface area contributed by atoms with E-state index >= 15 is 0 Å². The van der Waals surface area contributed by atoms with Crippen LogP contribution in [0.15, 0.2) is 36.4 Å². The molecular weight excluding hydrogens is 307 g/mol. The first-order valence-corrected chi connectivity index (χ1v) is 7.13. The molecule has 0 unspecified atom stereocenters. The van der Waals surface area contributed by atoms with Crippen LogP contribution in [0.25, 0.3) is 0 Å². The second-order valence-electron chi connectivity index (χ2n) is 4.79. The minimum absolute atomic E-state index is 0.119. The molecule has 1 amide bonds. The SMILES string of the molecule is CC[C@@H](N)c1ccc(Cl)c(Oc2cccc(C(N)=O)c2)c1F. The highest BCUT2D eigenvalue weighted by Gasteiger charge is 2.18. The molecule has 0 aliphatic heterocycles. The second-order valence-corrected chi connectivity index (χ2v) is 5.20. The van der Waals surface area contributed by atoms with Crippen molar-refractivity contribution in [2.45, 2.75) is 19.4 Å². The van der Waals surface area contributed by atoms with E-state index in [2.05, 4.69) is 0 Å². The molecule has 6 heteroatoms. The first-order valence-electron chi connectivity index (χ1n) is 6.75. The summed E-state index contributed by atoms with van der Waals surface area (Å²) in [5.41, 5.74) is 11.7. The molecule has 0 aliphatic carbocycles. The number of carbonyl (C=O) groups is 1. The predicted molar refractivity (Wildman–Crippen MR) is 83.7 cm³/mol. The summed E-state index contributed by atoms with van der Waals surface area (Å²) in [5.74, 6) is -1.06. The molecule has 2 aromatic rings. The van der Waals surface area contributed by atoms with Gasteiger partial charge in [0.25, 0.3) is 0 Å². The Balaban J connectivity index is 2.41. The summed E-state index contributed by atoms with van der Waals surface area (Å²) in [6.45, 7) is 1.86. The first kappa shape index (κ1) is 16.3. The van der Waals surface area contributed by atoms with Gasteiger partial charge in [-0.3, -0.25) is 4.79 Å². The van der Waals surface area contributed by atoms with Gasteiger partial charge in [0.15, 0.2) is 11.6 Å². The van der Waals surface area contributed by atoms with Crippen molar-refractivity contribution < 1.29 is 13.9 Å². The Morgan fingerprint density at radius 3 is 2.73 bits per heavy atom. The summed E-state index contributed by atoms with van der Waals surface area (Å²) in [7, 11) is 0. The molecule has 0 saturated carbocycles. The predicted octanol–water partition coefficient (Wildman–Crippen LogP) is 3.78. The molecule has 0 heterocycles. The number of amides is 1. The smallest absolute Gasteiger partial charge is 0.248 e. The number of hydrogen-bond donors (Lipinski definition) is 2. The first-order chi connectivity index (χ1) is 10.4. The Bertz CT molecular complexity index is 707. The van der Waals surface area contributed by atoms with Crippen molar-refractivity contribution in [3.05, 3.63) is 58.4 Å². The van der Waals surface area contributed by atoms with Crippen molar-refractivity contribution >= 4 is 17.5 Å². The highest BCUT2D eigenvalue weighted by molar-refractivity contribution is 6.32. The zero-order chi connectivity index (χ0) is 16.3. The second kappa shape index (κ2) is 6.77. The van der Waals surface area contributed by atoms with Crippen LogP contribution in [-0.4, -0.2) is 5.91 Å². The van der Waals surface area contributed by atoms with Crippen molar-refractivity contribution in [3.63, 3.8) is 0 Å². The summed E-state index contributed by atoms with van der Waals surface area (Å²) >= 11 is 6.00. The van der Waals surface area contributed by atoms with Gasteiger partial charge in [0, 0.05) is 17.2 Å². The average molecular weight is 323 g/mol. The fourth-order valence-corrected chi connectivity index (χ4v) is 2.16. The van der Waals surface area contributed by atoms with E-state index < -0.39 is 17.8 Å². The average Bonchev–Trinajstić information content (AvgIpc) is 2.51. The lowest BCUT2D eigenvalue weighted by Crippen LogP contribution is -2.12. The van der Waals surface area contributed by atoms with Gasteiger partial charge in [-0.1, -0.05) is 30.7 Å². The van der Waals surface area contributed by atoms with Gasteiger partial charge < -0.3 is 16.2 Å². The molecule has 0 fully saturated rings. The van der Waals surface area contributed by atoms with Crippen LogP contribution in [0.4, 0.5) is 4.39 Å². The van der Waals surface area contributed by atoms with E-state index in [1.165, 1.54) is 18.2 Å². The van der Waals surface area contributed by atoms with E-state index in [9.17, 15) is 9.18 Å². The lowest BCUT2D eigenvalue weighted by atomic mass is 10.0. The number of benzene rings is 2. The molecule has 4 nitrogen and oxygen atoms in total. The van der Waals surface area contributed by atoms with Crippen LogP contribution in [0, 0.1) is 5.82 Å². The van der Waals surface area contributed by atoms with Crippen LogP contribution in [0.5, 0.6) is 11.5 Å². The Hall–Kier alpha value is -2.11. The maximum Gasteiger partial charge on any atom is 0.248 e. The third-order valence-electron chi connectivity index (χ3n) is 3.26. The molecule has 0 aromatic heterocycles. The monoisotopic (exact) mass is 322 g/mol. The molecule has 2 rings (SSSR count). The summed E-state index contributed by atoms with van der Waals surface area (Å²) in [6, 6.07) is 8.75. The number of rotatable bonds is 5. The highest BCUT2D eigenvalue weighted by atomic mass is 35.5. The van der Waals surface area contributed by atoms with Crippen molar-refractivity contribution in [2.75, 3.05) is 0 Å². The summed E-state index contributed by atoms with van der Waals surface area (Å²) in [5, 5.41) is 0.119. The van der Waals surface area contributed by atoms with E-state index in [0.717, 1.165) is 0 Å². The van der Waals surface area contributed by atoms with Gasteiger partial charge in [0.1, 0.15) is 5.75 Å². The third kappa shape index (κ3) is 3.37. The molecule has 0 radical (unpaired) electrons. The van der Waals surface area contributed by atoms with Gasteiger partial charge in [0.05, 0.1) is 5.02 Å². The van der Waals surface area contributed by atoms with E-state index in [1.807, 2.05) is 6.92 Å². The largest absolute Gasteiger partial charge is 0.453 e. The van der Waals surface area contributed by atoms with Crippen LogP contribution >= 0.6 is 11.6 Å². The zero-order valence-electron chi connectivity index (χ0n) is 12.0. The molecule has 0 aliphatic rings. The molecule has 2 aromatic carbocycles. The maximum atomic E-state index is 14.5. The summed E-state index contributed by atoms with van der Waals surface area (Å²) in [6.07, 6.45) is 0.579. The molecular formula is C16H16ClFN2O2. The molecule has 1 atom stereocenters. The molecule has 22 heavy (non-hydrogen) atoms. The van der Waals surface area contributed by atoms with E-state index in [1.54, 1.807) is 18.2 Å². The third-order valence-corrected chi connectivity index (χ3v) is 3.55. The minimum Gasteiger partial charge on any atom is -0.453 e. The Morgan fingerprint density at radius 1 is 1.36 bits per heavy atom. The quantitative estimate of drug-likeness (QED) is 0.879. The van der Waals surface area contributed by atoms with E-state index in [4.69, 9.17) is 27.8 Å². The fourth-order valence-electron chi connectivity index (χ4n) is 1.98. The maximum absolute atomic E-state index is 14.5. The minimum atomic E-state index is -0.605. The molecule has 0 spiro atoms.